The number of nitrogens with zero attached hydrogens (tertiary/aromatic N) is 4. The quantitative estimate of drug-likeness (QED) is 0.642. The molecule has 2 saturated heterocycles. The second-order valence-electron chi connectivity index (χ2n) is 8.29. The Bertz CT molecular complexity index is 595. The lowest BCUT2D eigenvalue weighted by Crippen LogP contribution is -2.53. The molecule has 1 unspecified atom stereocenters. The van der Waals surface area contributed by atoms with E-state index in [0.29, 0.717) is 0 Å². The maximum absolute atomic E-state index is 5.50. The first kappa shape index (κ1) is 19.6. The van der Waals surface area contributed by atoms with Crippen LogP contribution in [0.3, 0.4) is 0 Å². The van der Waals surface area contributed by atoms with Crippen LogP contribution in [0.5, 0.6) is 0 Å². The molecule has 2 aliphatic rings. The molecule has 2 fully saturated rings. The zero-order valence-corrected chi connectivity index (χ0v) is 17.4. The monoisotopic (exact) mass is 379 g/mol. The van der Waals surface area contributed by atoms with Crippen molar-refractivity contribution in [1.29, 1.82) is 0 Å². The van der Waals surface area contributed by atoms with Crippen molar-refractivity contribution < 1.29 is 4.74 Å². The zero-order chi connectivity index (χ0) is 18.6. The van der Waals surface area contributed by atoms with Crippen LogP contribution in [0.2, 0.25) is 0 Å². The SMILES string of the molecule is CN=C(NCc1nc(C(C)(C)C)cs1)N1CCN(CC2CCOC2)CC1. The molecular formula is C19H33N5OS. The molecule has 146 valence electrons. The molecule has 7 heteroatoms. The Balaban J connectivity index is 1.45. The van der Waals surface area contributed by atoms with Crippen LogP contribution in [0.15, 0.2) is 10.4 Å². The summed E-state index contributed by atoms with van der Waals surface area (Å²) >= 11 is 1.73. The number of guanidine groups is 1. The molecule has 26 heavy (non-hydrogen) atoms. The van der Waals surface area contributed by atoms with E-state index in [1.54, 1.807) is 11.3 Å². The Kier molecular flexibility index (Phi) is 6.53. The topological polar surface area (TPSA) is 53.0 Å². The summed E-state index contributed by atoms with van der Waals surface area (Å²) in [5.41, 5.74) is 1.27. The average Bonchev–Trinajstić information content (AvgIpc) is 3.28. The number of thiazole rings is 1. The molecule has 0 saturated carbocycles. The fourth-order valence-electron chi connectivity index (χ4n) is 3.46. The van der Waals surface area contributed by atoms with E-state index in [0.717, 1.165) is 62.8 Å². The van der Waals surface area contributed by atoms with Crippen LogP contribution in [-0.2, 0) is 16.7 Å². The van der Waals surface area contributed by atoms with E-state index in [9.17, 15) is 0 Å². The van der Waals surface area contributed by atoms with Crippen LogP contribution in [0.4, 0.5) is 0 Å². The minimum absolute atomic E-state index is 0.108. The van der Waals surface area contributed by atoms with Gasteiger partial charge in [0.15, 0.2) is 5.96 Å². The van der Waals surface area contributed by atoms with Crippen LogP contribution in [-0.4, -0.2) is 73.7 Å². The van der Waals surface area contributed by atoms with Crippen molar-refractivity contribution in [3.63, 3.8) is 0 Å². The number of piperazine rings is 1. The first-order valence-corrected chi connectivity index (χ1v) is 10.5. The second-order valence-corrected chi connectivity index (χ2v) is 9.24. The van der Waals surface area contributed by atoms with Crippen molar-refractivity contribution in [2.45, 2.75) is 39.2 Å². The molecule has 0 radical (unpaired) electrons. The Morgan fingerprint density at radius 1 is 1.35 bits per heavy atom. The van der Waals surface area contributed by atoms with E-state index in [4.69, 9.17) is 9.72 Å². The van der Waals surface area contributed by atoms with Gasteiger partial charge in [-0.2, -0.15) is 0 Å². The van der Waals surface area contributed by atoms with Crippen LogP contribution < -0.4 is 5.32 Å². The molecule has 6 nitrogen and oxygen atoms in total. The van der Waals surface area contributed by atoms with Gasteiger partial charge in [-0.05, 0) is 12.3 Å². The summed E-state index contributed by atoms with van der Waals surface area (Å²) < 4.78 is 5.50. The van der Waals surface area contributed by atoms with Crippen LogP contribution in [0.25, 0.3) is 0 Å². The van der Waals surface area contributed by atoms with E-state index < -0.39 is 0 Å². The average molecular weight is 380 g/mol. The highest BCUT2D eigenvalue weighted by molar-refractivity contribution is 7.09. The lowest BCUT2D eigenvalue weighted by molar-refractivity contribution is 0.139. The second kappa shape index (κ2) is 8.67. The van der Waals surface area contributed by atoms with E-state index in [1.165, 1.54) is 18.7 Å². The fourth-order valence-corrected chi connectivity index (χ4v) is 4.42. The molecular weight excluding hydrogens is 346 g/mol. The maximum atomic E-state index is 5.50. The summed E-state index contributed by atoms with van der Waals surface area (Å²) in [6, 6.07) is 0. The fraction of sp³-hybridized carbons (Fsp3) is 0.789. The van der Waals surface area contributed by atoms with E-state index in [2.05, 4.69) is 46.3 Å². The van der Waals surface area contributed by atoms with Crippen LogP contribution in [0, 0.1) is 5.92 Å². The van der Waals surface area contributed by atoms with Gasteiger partial charge in [0, 0.05) is 57.2 Å². The minimum Gasteiger partial charge on any atom is -0.381 e. The predicted molar refractivity (Wildman–Crippen MR) is 108 cm³/mol. The third-order valence-electron chi connectivity index (χ3n) is 5.14. The normalized spacial score (nSPS) is 22.8. The van der Waals surface area contributed by atoms with Gasteiger partial charge >= 0.3 is 0 Å². The summed E-state index contributed by atoms with van der Waals surface area (Å²) in [5.74, 6) is 1.71. The summed E-state index contributed by atoms with van der Waals surface area (Å²) in [6.07, 6.45) is 1.22. The molecule has 0 amide bonds. The summed E-state index contributed by atoms with van der Waals surface area (Å²) in [6.45, 7) is 14.7. The molecule has 0 aliphatic carbocycles. The Morgan fingerprint density at radius 2 is 2.12 bits per heavy atom. The zero-order valence-electron chi connectivity index (χ0n) is 16.6. The molecule has 1 aromatic rings. The first-order valence-electron chi connectivity index (χ1n) is 9.66. The van der Waals surface area contributed by atoms with E-state index >= 15 is 0 Å². The van der Waals surface area contributed by atoms with Gasteiger partial charge in [0.1, 0.15) is 5.01 Å². The van der Waals surface area contributed by atoms with Gasteiger partial charge in [-0.3, -0.25) is 9.89 Å². The highest BCUT2D eigenvalue weighted by Gasteiger charge is 2.24. The van der Waals surface area contributed by atoms with E-state index in [-0.39, 0.29) is 5.41 Å². The van der Waals surface area contributed by atoms with Crippen LogP contribution >= 0.6 is 11.3 Å². The third kappa shape index (κ3) is 5.18. The largest absolute Gasteiger partial charge is 0.381 e. The molecule has 3 rings (SSSR count). The van der Waals surface area contributed by atoms with Crippen molar-refractivity contribution in [3.8, 4) is 0 Å². The number of ether oxygens (including phenoxy) is 1. The van der Waals surface area contributed by atoms with Gasteiger partial charge in [0.05, 0.1) is 18.8 Å². The van der Waals surface area contributed by atoms with Crippen molar-refractivity contribution in [3.05, 3.63) is 16.1 Å². The summed E-state index contributed by atoms with van der Waals surface area (Å²) in [5, 5.41) is 6.79. The Labute approximate surface area is 161 Å². The smallest absolute Gasteiger partial charge is 0.194 e. The Morgan fingerprint density at radius 3 is 2.69 bits per heavy atom. The summed E-state index contributed by atoms with van der Waals surface area (Å²) in [7, 11) is 1.87. The number of aromatic nitrogens is 1. The van der Waals surface area contributed by atoms with Crippen molar-refractivity contribution in [2.75, 3.05) is 53.0 Å². The van der Waals surface area contributed by atoms with E-state index in [1.807, 2.05) is 7.05 Å². The van der Waals surface area contributed by atoms with Crippen molar-refractivity contribution >= 4 is 17.3 Å². The molecule has 0 aromatic carbocycles. The molecule has 3 heterocycles. The molecule has 1 N–H and O–H groups in total. The van der Waals surface area contributed by atoms with Crippen LogP contribution in [0.1, 0.15) is 37.9 Å². The third-order valence-corrected chi connectivity index (χ3v) is 5.99. The number of hydrogen-bond acceptors (Lipinski definition) is 5. The minimum atomic E-state index is 0.108. The lowest BCUT2D eigenvalue weighted by atomic mass is 9.93. The maximum Gasteiger partial charge on any atom is 0.194 e. The van der Waals surface area contributed by atoms with Gasteiger partial charge in [-0.25, -0.2) is 4.98 Å². The van der Waals surface area contributed by atoms with Gasteiger partial charge in [0.2, 0.25) is 0 Å². The van der Waals surface area contributed by atoms with Gasteiger partial charge < -0.3 is 15.0 Å². The highest BCUT2D eigenvalue weighted by Crippen LogP contribution is 2.23. The Hall–Kier alpha value is -1.18. The molecule has 1 aromatic heterocycles. The molecule has 1 atom stereocenters. The standard InChI is InChI=1S/C19H33N5OS/c1-19(2,3)16-14-26-17(22-16)11-21-18(20-4)24-8-6-23(7-9-24)12-15-5-10-25-13-15/h14-15H,5-13H2,1-4H3,(H,20,21). The van der Waals surface area contributed by atoms with Crippen molar-refractivity contribution in [2.24, 2.45) is 10.9 Å². The molecule has 2 aliphatic heterocycles. The van der Waals surface area contributed by atoms with Gasteiger partial charge in [-0.15, -0.1) is 11.3 Å². The summed E-state index contributed by atoms with van der Waals surface area (Å²) in [4.78, 5) is 14.2. The number of nitrogens with one attached hydrogen (secondary N) is 1. The van der Waals surface area contributed by atoms with Gasteiger partial charge in [-0.1, -0.05) is 20.8 Å². The first-order chi connectivity index (χ1) is 12.5. The molecule has 0 spiro atoms. The highest BCUT2D eigenvalue weighted by atomic mass is 32.1. The van der Waals surface area contributed by atoms with Crippen molar-refractivity contribution in [1.82, 2.24) is 20.1 Å². The van der Waals surface area contributed by atoms with Gasteiger partial charge in [0.25, 0.3) is 0 Å². The molecule has 0 bridgehead atoms. The predicted octanol–water partition coefficient (Wildman–Crippen LogP) is 2.17. The lowest BCUT2D eigenvalue weighted by Gasteiger charge is -2.37. The number of hydrogen-bond donors (Lipinski definition) is 1. The number of aliphatic imine (C=N–C) groups is 1. The number of rotatable bonds is 4.